The summed E-state index contributed by atoms with van der Waals surface area (Å²) in [5.41, 5.74) is -0.983. The minimum atomic E-state index is -4.64. The summed E-state index contributed by atoms with van der Waals surface area (Å²) < 4.78 is 45.4. The molecule has 1 unspecified atom stereocenters. The Bertz CT molecular complexity index is 756. The Morgan fingerprint density at radius 1 is 1.16 bits per heavy atom. The third-order valence-electron chi connectivity index (χ3n) is 5.76. The Labute approximate surface area is 176 Å². The summed E-state index contributed by atoms with van der Waals surface area (Å²) in [6.07, 6.45) is -12.0. The van der Waals surface area contributed by atoms with E-state index in [1.54, 1.807) is 6.92 Å². The molecule has 10 nitrogen and oxygen atoms in total. The molecule has 0 amide bonds. The number of hydroxylamine groups is 2. The number of hydrogen-bond acceptors (Lipinski definition) is 10. The number of nitrogens with zero attached hydrogens (tertiary/aromatic N) is 3. The molecule has 8 atom stereocenters. The quantitative estimate of drug-likeness (QED) is 0.387. The van der Waals surface area contributed by atoms with E-state index < -0.39 is 67.3 Å². The van der Waals surface area contributed by atoms with Gasteiger partial charge < -0.3 is 30.3 Å². The standard InChI is InChI=1S/C18H26F3N3O7/c1-8-16(31-11-5-9(7-25)13(26)15(28)14(11)27)23(17(29)24(8)30-2)12-6-10(3-4-22-12)18(19,20)21/h3-4,6,8-9,11,13-17,25-29H,5,7H2,1-2H3/t8-,9+,11+,13+,14-,15-,16-,17?/m0/s1. The molecule has 2 heterocycles. The molecule has 1 aliphatic heterocycles. The minimum Gasteiger partial charge on any atom is -0.396 e. The van der Waals surface area contributed by atoms with Gasteiger partial charge in [-0.25, -0.2) is 4.98 Å². The molecule has 0 spiro atoms. The average Bonchev–Trinajstić information content (AvgIpc) is 2.96. The number of aliphatic hydroxyl groups is 5. The van der Waals surface area contributed by atoms with Gasteiger partial charge in [0.25, 0.3) is 0 Å². The molecule has 0 radical (unpaired) electrons. The fourth-order valence-electron chi connectivity index (χ4n) is 4.02. The first-order chi connectivity index (χ1) is 14.5. The fourth-order valence-corrected chi connectivity index (χ4v) is 4.02. The lowest BCUT2D eigenvalue weighted by Crippen LogP contribution is -2.57. The fraction of sp³-hybridized carbons (Fsp3) is 0.722. The highest BCUT2D eigenvalue weighted by molar-refractivity contribution is 5.44. The Morgan fingerprint density at radius 2 is 1.84 bits per heavy atom. The zero-order valence-corrected chi connectivity index (χ0v) is 16.8. The van der Waals surface area contributed by atoms with Gasteiger partial charge in [-0.2, -0.15) is 13.2 Å². The van der Waals surface area contributed by atoms with Crippen LogP contribution in [-0.2, 0) is 15.8 Å². The summed E-state index contributed by atoms with van der Waals surface area (Å²) in [6, 6.07) is 0.797. The molecule has 1 saturated carbocycles. The van der Waals surface area contributed by atoms with Crippen LogP contribution in [0.25, 0.3) is 0 Å². The second kappa shape index (κ2) is 9.11. The average molecular weight is 453 g/mol. The van der Waals surface area contributed by atoms with Gasteiger partial charge in [0, 0.05) is 18.7 Å². The first-order valence-electron chi connectivity index (χ1n) is 9.63. The molecule has 5 N–H and O–H groups in total. The van der Waals surface area contributed by atoms with Gasteiger partial charge in [0.2, 0.25) is 6.35 Å². The van der Waals surface area contributed by atoms with E-state index in [1.165, 1.54) is 7.11 Å². The summed E-state index contributed by atoms with van der Waals surface area (Å²) >= 11 is 0. The topological polar surface area (TPSA) is 139 Å². The van der Waals surface area contributed by atoms with Crippen molar-refractivity contribution in [3.05, 3.63) is 23.9 Å². The number of pyridine rings is 1. The van der Waals surface area contributed by atoms with Crippen LogP contribution in [0.5, 0.6) is 0 Å². The van der Waals surface area contributed by atoms with E-state index in [4.69, 9.17) is 9.57 Å². The van der Waals surface area contributed by atoms with Crippen LogP contribution in [0.1, 0.15) is 18.9 Å². The molecule has 31 heavy (non-hydrogen) atoms. The molecule has 1 aromatic rings. The third kappa shape index (κ3) is 4.50. The van der Waals surface area contributed by atoms with Crippen molar-refractivity contribution in [2.24, 2.45) is 5.92 Å². The molecule has 13 heteroatoms. The van der Waals surface area contributed by atoms with Crippen LogP contribution in [0.4, 0.5) is 19.0 Å². The van der Waals surface area contributed by atoms with E-state index in [1.807, 2.05) is 0 Å². The Kier molecular flexibility index (Phi) is 7.08. The van der Waals surface area contributed by atoms with Crippen LogP contribution >= 0.6 is 0 Å². The van der Waals surface area contributed by atoms with Crippen molar-refractivity contribution in [1.82, 2.24) is 10.0 Å². The van der Waals surface area contributed by atoms with Gasteiger partial charge in [0.15, 0.2) is 6.23 Å². The van der Waals surface area contributed by atoms with Crippen LogP contribution < -0.4 is 4.90 Å². The molecule has 3 rings (SSSR count). The molecular weight excluding hydrogens is 427 g/mol. The lowest BCUT2D eigenvalue weighted by molar-refractivity contribution is -0.226. The van der Waals surface area contributed by atoms with Crippen molar-refractivity contribution in [2.75, 3.05) is 18.6 Å². The molecule has 2 fully saturated rings. The normalized spacial score (nSPS) is 37.4. The number of rotatable bonds is 5. The molecule has 1 saturated heterocycles. The lowest BCUT2D eigenvalue weighted by Gasteiger charge is -2.42. The van der Waals surface area contributed by atoms with Crippen LogP contribution in [0.2, 0.25) is 0 Å². The van der Waals surface area contributed by atoms with Crippen LogP contribution in [0.3, 0.4) is 0 Å². The number of alkyl halides is 3. The van der Waals surface area contributed by atoms with Crippen LogP contribution in [0, 0.1) is 5.92 Å². The molecular formula is C18H26F3N3O7. The highest BCUT2D eigenvalue weighted by atomic mass is 19.4. The Hall–Kier alpha value is -1.58. The monoisotopic (exact) mass is 453 g/mol. The number of aliphatic hydroxyl groups excluding tert-OH is 5. The number of aromatic nitrogens is 1. The van der Waals surface area contributed by atoms with Gasteiger partial charge >= 0.3 is 6.18 Å². The number of hydrogen-bond donors (Lipinski definition) is 5. The van der Waals surface area contributed by atoms with Crippen LogP contribution in [-0.4, -0.2) is 92.3 Å². The SMILES string of the molecule is CON1C(O)N(c2cc(C(F)(F)F)ccn2)[C@@H](O[C@@H]2C[C@H](CO)[C@@H](O)[C@H](O)[C@H]2O)[C@@H]1C. The first kappa shape index (κ1) is 24.1. The zero-order valence-electron chi connectivity index (χ0n) is 16.8. The second-order valence-corrected chi connectivity index (χ2v) is 7.65. The second-order valence-electron chi connectivity index (χ2n) is 7.65. The van der Waals surface area contributed by atoms with E-state index in [-0.39, 0.29) is 12.2 Å². The Balaban J connectivity index is 1.93. The minimum absolute atomic E-state index is 0.0357. The maximum Gasteiger partial charge on any atom is 0.416 e. The van der Waals surface area contributed by atoms with E-state index in [9.17, 15) is 38.7 Å². The van der Waals surface area contributed by atoms with Crippen molar-refractivity contribution in [1.29, 1.82) is 0 Å². The van der Waals surface area contributed by atoms with Crippen LogP contribution in [0.15, 0.2) is 18.3 Å². The summed E-state index contributed by atoms with van der Waals surface area (Å²) in [5, 5.41) is 51.6. The van der Waals surface area contributed by atoms with Gasteiger partial charge in [0.1, 0.15) is 18.0 Å². The Morgan fingerprint density at radius 3 is 2.42 bits per heavy atom. The maximum absolute atomic E-state index is 13.2. The highest BCUT2D eigenvalue weighted by Crippen LogP contribution is 2.37. The van der Waals surface area contributed by atoms with Crippen molar-refractivity contribution in [3.63, 3.8) is 0 Å². The van der Waals surface area contributed by atoms with Gasteiger partial charge in [-0.1, -0.05) is 0 Å². The highest BCUT2D eigenvalue weighted by Gasteiger charge is 2.51. The van der Waals surface area contributed by atoms with Gasteiger partial charge in [0.05, 0.1) is 30.9 Å². The molecule has 1 aliphatic carbocycles. The molecule has 1 aromatic heterocycles. The van der Waals surface area contributed by atoms with E-state index in [0.717, 1.165) is 28.3 Å². The summed E-state index contributed by atoms with van der Waals surface area (Å²) in [4.78, 5) is 10.1. The van der Waals surface area contributed by atoms with E-state index in [2.05, 4.69) is 4.98 Å². The predicted octanol–water partition coefficient (Wildman–Crippen LogP) is -0.746. The largest absolute Gasteiger partial charge is 0.416 e. The number of ether oxygens (including phenoxy) is 1. The lowest BCUT2D eigenvalue weighted by atomic mass is 9.81. The van der Waals surface area contributed by atoms with Crippen molar-refractivity contribution < 1.29 is 48.3 Å². The zero-order chi connectivity index (χ0) is 23.1. The maximum atomic E-state index is 13.2. The van der Waals surface area contributed by atoms with Crippen molar-refractivity contribution >= 4 is 5.82 Å². The third-order valence-corrected chi connectivity index (χ3v) is 5.76. The van der Waals surface area contributed by atoms with E-state index in [0.29, 0.717) is 0 Å². The molecule has 176 valence electrons. The smallest absolute Gasteiger partial charge is 0.396 e. The number of anilines is 1. The number of halogens is 3. The molecule has 0 aromatic carbocycles. The van der Waals surface area contributed by atoms with E-state index >= 15 is 0 Å². The van der Waals surface area contributed by atoms with Crippen molar-refractivity contribution in [2.45, 2.75) is 62.6 Å². The van der Waals surface area contributed by atoms with Gasteiger partial charge in [-0.15, -0.1) is 5.06 Å². The van der Waals surface area contributed by atoms with Crippen molar-refractivity contribution in [3.8, 4) is 0 Å². The predicted molar refractivity (Wildman–Crippen MR) is 97.9 cm³/mol. The summed E-state index contributed by atoms with van der Waals surface area (Å²) in [6.45, 7) is 1.10. The summed E-state index contributed by atoms with van der Waals surface area (Å²) in [7, 11) is 1.26. The van der Waals surface area contributed by atoms with Gasteiger partial charge in [-0.3, -0.25) is 9.74 Å². The molecule has 2 aliphatic rings. The first-order valence-corrected chi connectivity index (χ1v) is 9.63. The summed E-state index contributed by atoms with van der Waals surface area (Å²) in [5.74, 6) is -1.04. The van der Waals surface area contributed by atoms with Gasteiger partial charge in [-0.05, 0) is 25.5 Å². The molecule has 0 bridgehead atoms.